The Kier molecular flexibility index (Phi) is 4.85. The lowest BCUT2D eigenvalue weighted by Gasteiger charge is -2.19. The Morgan fingerprint density at radius 2 is 1.02 bits per heavy atom. The van der Waals surface area contributed by atoms with Crippen LogP contribution in [0.5, 0.6) is 0 Å². The first kappa shape index (κ1) is 21.4. The Bertz CT molecular complexity index is 3250. The number of furan rings is 1. The fourth-order valence-corrected chi connectivity index (χ4v) is 7.25. The van der Waals surface area contributed by atoms with E-state index in [-0.39, 0.29) is 51.9 Å². The van der Waals surface area contributed by atoms with Gasteiger partial charge in [0.05, 0.1) is 9.60 Å². The van der Waals surface area contributed by atoms with Gasteiger partial charge in [-0.25, -0.2) is 0 Å². The third-order valence-electron chi connectivity index (χ3n) is 9.50. The molecule has 10 aromatic rings. The van der Waals surface area contributed by atoms with Crippen molar-refractivity contribution in [1.82, 2.24) is 0 Å². The van der Waals surface area contributed by atoms with Crippen molar-refractivity contribution in [3.05, 3.63) is 182 Å². The molecule has 0 aliphatic heterocycles. The molecule has 0 spiro atoms. The van der Waals surface area contributed by atoms with Crippen molar-refractivity contribution < 1.29 is 14.0 Å². The van der Waals surface area contributed by atoms with Gasteiger partial charge in [-0.1, -0.05) is 164 Å². The number of benzene rings is 9. The van der Waals surface area contributed by atoms with E-state index in [9.17, 15) is 6.85 Å². The lowest BCUT2D eigenvalue weighted by molar-refractivity contribution is 0.673. The third-order valence-corrected chi connectivity index (χ3v) is 9.50. The van der Waals surface area contributed by atoms with Crippen molar-refractivity contribution in [2.75, 3.05) is 0 Å². The first-order valence-corrected chi connectivity index (χ1v) is 16.3. The highest BCUT2D eigenvalue weighted by Gasteiger charge is 2.21. The molecule has 0 amide bonds. The van der Waals surface area contributed by atoms with E-state index in [2.05, 4.69) is 0 Å². The summed E-state index contributed by atoms with van der Waals surface area (Å²) in [5, 5.41) is 4.51. The van der Waals surface area contributed by atoms with E-state index >= 15 is 0 Å². The third kappa shape index (κ3) is 4.40. The molecule has 0 unspecified atom stereocenters. The van der Waals surface area contributed by atoms with E-state index in [1.807, 2.05) is 140 Å². The molecule has 0 atom stereocenters. The maximum absolute atomic E-state index is 9.98. The second-order valence-electron chi connectivity index (χ2n) is 12.3. The summed E-state index contributed by atoms with van der Waals surface area (Å²) in [5.74, 6) is 0. The lowest BCUT2D eigenvalue weighted by atomic mass is 9.83. The van der Waals surface area contributed by atoms with E-state index in [0.29, 0.717) is 49.8 Å². The molecular weight excluding hydrogens is 593 g/mol. The molecule has 0 aliphatic rings. The van der Waals surface area contributed by atoms with Crippen LogP contribution in [0.2, 0.25) is 0 Å². The van der Waals surface area contributed by atoms with Gasteiger partial charge < -0.3 is 4.42 Å². The summed E-state index contributed by atoms with van der Waals surface area (Å²) in [7, 11) is 0. The van der Waals surface area contributed by atoms with Gasteiger partial charge in [0, 0.05) is 16.2 Å². The van der Waals surface area contributed by atoms with E-state index in [4.69, 9.17) is 7.16 Å². The maximum atomic E-state index is 9.98. The molecular formula is C48H30O. The predicted molar refractivity (Wildman–Crippen MR) is 208 cm³/mol. The molecule has 0 saturated heterocycles. The quantitative estimate of drug-likeness (QED) is 0.177. The lowest BCUT2D eigenvalue weighted by Crippen LogP contribution is -1.92. The first-order valence-electron chi connectivity index (χ1n) is 19.8. The molecule has 0 N–H and O–H groups in total. The van der Waals surface area contributed by atoms with Crippen molar-refractivity contribution in [2.45, 2.75) is 0 Å². The Morgan fingerprint density at radius 3 is 1.80 bits per heavy atom. The second kappa shape index (κ2) is 11.1. The van der Waals surface area contributed by atoms with Crippen molar-refractivity contribution in [3.8, 4) is 44.5 Å². The summed E-state index contributed by atoms with van der Waals surface area (Å²) < 4.78 is 72.7. The molecule has 10 rings (SSSR count). The zero-order valence-corrected chi connectivity index (χ0v) is 26.2. The Labute approximate surface area is 294 Å². The van der Waals surface area contributed by atoms with Crippen molar-refractivity contribution in [1.29, 1.82) is 0 Å². The molecule has 1 nitrogen and oxygen atoms in total. The minimum absolute atomic E-state index is 0.000109. The molecule has 0 aliphatic carbocycles. The van der Waals surface area contributed by atoms with Crippen LogP contribution in [0.25, 0.3) is 98.8 Å². The Balaban J connectivity index is 1.45. The molecule has 1 heterocycles. The van der Waals surface area contributed by atoms with Gasteiger partial charge in [0.2, 0.25) is 0 Å². The van der Waals surface area contributed by atoms with E-state index < -0.39 is 12.1 Å². The molecule has 9 aromatic carbocycles. The largest absolute Gasteiger partial charge is 0.455 e. The van der Waals surface area contributed by atoms with Gasteiger partial charge in [0.25, 0.3) is 0 Å². The molecule has 49 heavy (non-hydrogen) atoms. The zero-order valence-electron chi connectivity index (χ0n) is 33.2. The zero-order chi connectivity index (χ0) is 38.4. The standard InChI is InChI=1S/C48H30O/c1-3-12-31(13-4-1)33-22-24-35(25-23-33)45-38-18-9-10-19-39(38)46(40-28-27-36(30-43(40)45)32-14-5-2-6-15-32)41-20-11-21-44-47(41)42-29-26-34-16-7-8-17-37(34)48(42)49-44/h1-30H/i9D,10D,18D,19D,27D,28D,30D. The van der Waals surface area contributed by atoms with Crippen LogP contribution in [-0.4, -0.2) is 0 Å². The minimum Gasteiger partial charge on any atom is -0.455 e. The van der Waals surface area contributed by atoms with Gasteiger partial charge in [0.1, 0.15) is 11.2 Å². The number of hydrogen-bond donors (Lipinski definition) is 0. The number of fused-ring (bicyclic) bond motifs is 7. The van der Waals surface area contributed by atoms with Gasteiger partial charge in [-0.3, -0.25) is 0 Å². The monoisotopic (exact) mass is 629 g/mol. The highest BCUT2D eigenvalue weighted by molar-refractivity contribution is 6.27. The molecule has 0 fully saturated rings. The van der Waals surface area contributed by atoms with E-state index in [1.165, 1.54) is 0 Å². The first-order chi connectivity index (χ1) is 27.2. The molecule has 1 aromatic heterocycles. The molecule has 0 saturated carbocycles. The number of rotatable bonds is 4. The summed E-state index contributed by atoms with van der Waals surface area (Å²) in [5.41, 5.74) is 6.08. The van der Waals surface area contributed by atoms with Crippen LogP contribution in [0.3, 0.4) is 0 Å². The summed E-state index contributed by atoms with van der Waals surface area (Å²) in [6.07, 6.45) is 0. The summed E-state index contributed by atoms with van der Waals surface area (Å²) >= 11 is 0. The fraction of sp³-hybridized carbons (Fsp3) is 0. The normalized spacial score (nSPS) is 13.7. The van der Waals surface area contributed by atoms with E-state index in [0.717, 1.165) is 27.3 Å². The van der Waals surface area contributed by atoms with Crippen LogP contribution >= 0.6 is 0 Å². The summed E-state index contributed by atoms with van der Waals surface area (Å²) in [6.45, 7) is 0. The second-order valence-corrected chi connectivity index (χ2v) is 12.3. The molecule has 0 bridgehead atoms. The SMILES string of the molecule is [2H]c1c([2H])c([2H])c2c(-c3cccc4oc5c6ccccc6ccc5c34)c3c([2H])c([2H])c(-c4ccccc4)c([2H])c3c(-c3ccc(-c4ccccc4)cc3)c2c1[2H]. The molecule has 228 valence electrons. The average Bonchev–Trinajstić information content (AvgIpc) is 3.64. The van der Waals surface area contributed by atoms with Crippen LogP contribution in [0.15, 0.2) is 186 Å². The van der Waals surface area contributed by atoms with Crippen LogP contribution in [-0.2, 0) is 0 Å². The number of hydrogen-bond acceptors (Lipinski definition) is 1. The minimum atomic E-state index is -0.409. The van der Waals surface area contributed by atoms with Crippen molar-refractivity contribution >= 4 is 54.3 Å². The average molecular weight is 630 g/mol. The molecule has 1 heteroatoms. The highest BCUT2D eigenvalue weighted by atomic mass is 16.3. The van der Waals surface area contributed by atoms with Crippen molar-refractivity contribution in [3.63, 3.8) is 0 Å². The summed E-state index contributed by atoms with van der Waals surface area (Å²) in [6, 6.07) is 42.8. The highest BCUT2D eigenvalue weighted by Crippen LogP contribution is 2.48. The van der Waals surface area contributed by atoms with Crippen LogP contribution in [0.4, 0.5) is 0 Å². The smallest absolute Gasteiger partial charge is 0.143 e. The molecule has 0 radical (unpaired) electrons. The maximum Gasteiger partial charge on any atom is 0.143 e. The van der Waals surface area contributed by atoms with Gasteiger partial charge in [-0.05, 0) is 89.6 Å². The van der Waals surface area contributed by atoms with Crippen molar-refractivity contribution in [2.24, 2.45) is 0 Å². The predicted octanol–water partition coefficient (Wildman–Crippen LogP) is 13.7. The van der Waals surface area contributed by atoms with E-state index in [1.54, 1.807) is 0 Å². The van der Waals surface area contributed by atoms with Crippen LogP contribution < -0.4 is 0 Å². The van der Waals surface area contributed by atoms with Gasteiger partial charge in [0.15, 0.2) is 0 Å². The van der Waals surface area contributed by atoms with Gasteiger partial charge in [-0.2, -0.15) is 0 Å². The Morgan fingerprint density at radius 1 is 0.388 bits per heavy atom. The summed E-state index contributed by atoms with van der Waals surface area (Å²) in [4.78, 5) is 0. The van der Waals surface area contributed by atoms with Crippen LogP contribution in [0, 0.1) is 0 Å². The fourth-order valence-electron chi connectivity index (χ4n) is 7.25. The van der Waals surface area contributed by atoms with Gasteiger partial charge in [-0.15, -0.1) is 0 Å². The topological polar surface area (TPSA) is 13.1 Å². The van der Waals surface area contributed by atoms with Crippen LogP contribution in [0.1, 0.15) is 9.60 Å². The van der Waals surface area contributed by atoms with Gasteiger partial charge >= 0.3 is 0 Å². The Hall–Kier alpha value is -6.44.